The molecule has 128 valence electrons. The lowest BCUT2D eigenvalue weighted by atomic mass is 9.98. The van der Waals surface area contributed by atoms with E-state index in [4.69, 9.17) is 5.73 Å². The van der Waals surface area contributed by atoms with E-state index in [9.17, 15) is 9.18 Å². The Morgan fingerprint density at radius 1 is 1.26 bits per heavy atom. The number of benzene rings is 1. The van der Waals surface area contributed by atoms with Gasteiger partial charge in [-0.15, -0.1) is 12.4 Å². The van der Waals surface area contributed by atoms with Crippen LogP contribution in [-0.2, 0) is 11.2 Å². The van der Waals surface area contributed by atoms with Gasteiger partial charge in [-0.3, -0.25) is 9.69 Å². The number of likely N-dealkylation sites (tertiary alicyclic amines) is 1. The smallest absolute Gasteiger partial charge is 0.234 e. The fourth-order valence-electron chi connectivity index (χ4n) is 3.79. The molecule has 2 fully saturated rings. The van der Waals surface area contributed by atoms with Gasteiger partial charge in [-0.2, -0.15) is 0 Å². The van der Waals surface area contributed by atoms with Crippen molar-refractivity contribution in [3.63, 3.8) is 0 Å². The minimum Gasteiger partial charge on any atom is -0.355 e. The van der Waals surface area contributed by atoms with Crippen LogP contribution in [-0.4, -0.2) is 43.0 Å². The van der Waals surface area contributed by atoms with Crippen molar-refractivity contribution in [2.45, 2.75) is 25.3 Å². The van der Waals surface area contributed by atoms with Crippen molar-refractivity contribution in [2.75, 3.05) is 26.2 Å². The Labute approximate surface area is 143 Å². The van der Waals surface area contributed by atoms with Crippen LogP contribution in [0.4, 0.5) is 4.39 Å². The Morgan fingerprint density at radius 2 is 2.00 bits per heavy atom. The first-order valence-electron chi connectivity index (χ1n) is 8.11. The van der Waals surface area contributed by atoms with E-state index in [0.29, 0.717) is 31.0 Å². The van der Waals surface area contributed by atoms with Gasteiger partial charge >= 0.3 is 0 Å². The Bertz CT molecular complexity index is 525. The fraction of sp³-hybridized carbons (Fsp3) is 0.588. The highest BCUT2D eigenvalue weighted by molar-refractivity contribution is 5.85. The van der Waals surface area contributed by atoms with Crippen LogP contribution >= 0.6 is 12.4 Å². The van der Waals surface area contributed by atoms with E-state index >= 15 is 0 Å². The maximum Gasteiger partial charge on any atom is 0.234 e. The number of nitrogens with zero attached hydrogens (tertiary/aromatic N) is 1. The molecule has 1 heterocycles. The van der Waals surface area contributed by atoms with Gasteiger partial charge in [-0.1, -0.05) is 12.1 Å². The summed E-state index contributed by atoms with van der Waals surface area (Å²) in [5.74, 6) is 1.09. The Kier molecular flexibility index (Phi) is 6.39. The summed E-state index contributed by atoms with van der Waals surface area (Å²) < 4.78 is 12.8. The molecule has 0 aromatic heterocycles. The van der Waals surface area contributed by atoms with E-state index in [2.05, 4.69) is 10.2 Å². The molecule has 0 bridgehead atoms. The lowest BCUT2D eigenvalue weighted by Gasteiger charge is -2.17. The van der Waals surface area contributed by atoms with Gasteiger partial charge in [0, 0.05) is 25.7 Å². The average molecular weight is 342 g/mol. The molecule has 1 saturated heterocycles. The zero-order valence-corrected chi connectivity index (χ0v) is 14.0. The summed E-state index contributed by atoms with van der Waals surface area (Å²) in [4.78, 5) is 14.2. The molecule has 6 heteroatoms. The molecular formula is C17H25ClFN3O. The van der Waals surface area contributed by atoms with E-state index in [1.54, 1.807) is 12.1 Å². The molecule has 0 radical (unpaired) electrons. The second kappa shape index (κ2) is 8.08. The first-order valence-corrected chi connectivity index (χ1v) is 8.11. The summed E-state index contributed by atoms with van der Waals surface area (Å²) in [5.41, 5.74) is 7.15. The van der Waals surface area contributed by atoms with Gasteiger partial charge in [0.1, 0.15) is 5.82 Å². The number of carbonyl (C=O) groups is 1. The normalized spacial score (nSPS) is 26.6. The molecular weight excluding hydrogens is 317 g/mol. The SMILES string of the molecule is Cl.NC1CCC2CN(CC(=O)NCCc3ccc(F)cc3)CC12. The average Bonchev–Trinajstić information content (AvgIpc) is 3.03. The Balaban J connectivity index is 0.00000192. The predicted octanol–water partition coefficient (Wildman–Crippen LogP) is 1.58. The van der Waals surface area contributed by atoms with Crippen molar-refractivity contribution in [3.05, 3.63) is 35.6 Å². The van der Waals surface area contributed by atoms with Crippen molar-refractivity contribution in [1.29, 1.82) is 0 Å². The van der Waals surface area contributed by atoms with Crippen LogP contribution in [0.1, 0.15) is 18.4 Å². The fourth-order valence-corrected chi connectivity index (χ4v) is 3.79. The van der Waals surface area contributed by atoms with Crippen LogP contribution in [0.5, 0.6) is 0 Å². The van der Waals surface area contributed by atoms with E-state index in [-0.39, 0.29) is 24.1 Å². The minimum atomic E-state index is -0.231. The first-order chi connectivity index (χ1) is 10.6. The van der Waals surface area contributed by atoms with Gasteiger partial charge < -0.3 is 11.1 Å². The van der Waals surface area contributed by atoms with E-state index < -0.39 is 0 Å². The highest BCUT2D eigenvalue weighted by Crippen LogP contribution is 2.36. The monoisotopic (exact) mass is 341 g/mol. The molecule has 3 rings (SSSR count). The zero-order chi connectivity index (χ0) is 15.5. The van der Waals surface area contributed by atoms with Crippen LogP contribution < -0.4 is 11.1 Å². The summed E-state index contributed by atoms with van der Waals surface area (Å²) in [5, 5.41) is 2.94. The molecule has 3 N–H and O–H groups in total. The standard InChI is InChI=1S/C17H24FN3O.ClH/c18-14-4-1-12(2-5-14)7-8-20-17(22)11-21-9-13-3-6-16(19)15(13)10-21;/h1-2,4-5,13,15-16H,3,6-11,19H2,(H,20,22);1H. The van der Waals surface area contributed by atoms with Crippen LogP contribution in [0.2, 0.25) is 0 Å². The van der Waals surface area contributed by atoms with Gasteiger partial charge in [-0.05, 0) is 48.8 Å². The highest BCUT2D eigenvalue weighted by atomic mass is 35.5. The molecule has 1 aliphatic carbocycles. The number of hydrogen-bond donors (Lipinski definition) is 2. The molecule has 1 aromatic rings. The zero-order valence-electron chi connectivity index (χ0n) is 13.2. The van der Waals surface area contributed by atoms with Crippen molar-refractivity contribution in [1.82, 2.24) is 10.2 Å². The minimum absolute atomic E-state index is 0. The molecule has 2 aliphatic rings. The molecule has 1 aliphatic heterocycles. The van der Waals surface area contributed by atoms with E-state index in [0.717, 1.165) is 31.5 Å². The molecule has 23 heavy (non-hydrogen) atoms. The highest BCUT2D eigenvalue weighted by Gasteiger charge is 2.41. The van der Waals surface area contributed by atoms with Crippen LogP contribution in [0.15, 0.2) is 24.3 Å². The summed E-state index contributed by atoms with van der Waals surface area (Å²) in [6, 6.07) is 6.72. The third-order valence-electron chi connectivity index (χ3n) is 5.00. The van der Waals surface area contributed by atoms with Gasteiger partial charge in [0.25, 0.3) is 0 Å². The third kappa shape index (κ3) is 4.66. The van der Waals surface area contributed by atoms with Crippen molar-refractivity contribution >= 4 is 18.3 Å². The van der Waals surface area contributed by atoms with Crippen LogP contribution in [0, 0.1) is 17.7 Å². The number of nitrogens with one attached hydrogen (secondary N) is 1. The first kappa shape index (κ1) is 18.2. The molecule has 3 unspecified atom stereocenters. The predicted molar refractivity (Wildman–Crippen MR) is 91.0 cm³/mol. The van der Waals surface area contributed by atoms with Crippen molar-refractivity contribution < 1.29 is 9.18 Å². The summed E-state index contributed by atoms with van der Waals surface area (Å²) in [6.07, 6.45) is 3.06. The maximum absolute atomic E-state index is 12.8. The number of amides is 1. The number of carbonyl (C=O) groups excluding carboxylic acids is 1. The van der Waals surface area contributed by atoms with Crippen LogP contribution in [0.3, 0.4) is 0 Å². The van der Waals surface area contributed by atoms with Gasteiger partial charge in [0.2, 0.25) is 5.91 Å². The quantitative estimate of drug-likeness (QED) is 0.854. The number of nitrogens with two attached hydrogens (primary N) is 1. The van der Waals surface area contributed by atoms with Crippen LogP contribution in [0.25, 0.3) is 0 Å². The molecule has 1 aromatic carbocycles. The molecule has 1 saturated carbocycles. The molecule has 1 amide bonds. The Hall–Kier alpha value is -1.17. The van der Waals surface area contributed by atoms with Crippen molar-refractivity contribution in [2.24, 2.45) is 17.6 Å². The lowest BCUT2D eigenvalue weighted by Crippen LogP contribution is -2.38. The van der Waals surface area contributed by atoms with E-state index in [1.165, 1.54) is 18.6 Å². The third-order valence-corrected chi connectivity index (χ3v) is 5.00. The summed E-state index contributed by atoms with van der Waals surface area (Å²) in [7, 11) is 0. The number of rotatable bonds is 5. The maximum atomic E-state index is 12.8. The van der Waals surface area contributed by atoms with E-state index in [1.807, 2.05) is 0 Å². The Morgan fingerprint density at radius 3 is 2.70 bits per heavy atom. The van der Waals surface area contributed by atoms with Crippen molar-refractivity contribution in [3.8, 4) is 0 Å². The molecule has 3 atom stereocenters. The second-order valence-corrected chi connectivity index (χ2v) is 6.59. The second-order valence-electron chi connectivity index (χ2n) is 6.59. The number of fused-ring (bicyclic) bond motifs is 1. The number of halogens is 2. The molecule has 4 nitrogen and oxygen atoms in total. The summed E-state index contributed by atoms with van der Waals surface area (Å²) in [6.45, 7) is 3.01. The topological polar surface area (TPSA) is 58.4 Å². The molecule has 0 spiro atoms. The van der Waals surface area contributed by atoms with Gasteiger partial charge in [0.05, 0.1) is 6.54 Å². The number of hydrogen-bond acceptors (Lipinski definition) is 3. The summed E-state index contributed by atoms with van der Waals surface area (Å²) >= 11 is 0. The lowest BCUT2D eigenvalue weighted by molar-refractivity contribution is -0.122. The largest absolute Gasteiger partial charge is 0.355 e. The van der Waals surface area contributed by atoms with Gasteiger partial charge in [-0.25, -0.2) is 4.39 Å². The van der Waals surface area contributed by atoms with Gasteiger partial charge in [0.15, 0.2) is 0 Å².